The van der Waals surface area contributed by atoms with Gasteiger partial charge in [-0.2, -0.15) is 0 Å². The van der Waals surface area contributed by atoms with Crippen LogP contribution >= 0.6 is 0 Å². The van der Waals surface area contributed by atoms with Gasteiger partial charge in [0, 0.05) is 17.5 Å². The van der Waals surface area contributed by atoms with E-state index in [1.165, 1.54) is 24.3 Å². The standard InChI is InChI=1S/C14H15NO6/c1-3-14(2)8-20-13(17)11(14)21-12(16)9-4-6-10(7-5-9)15(18)19/h4-7,11H,3,8H2,1-2H3/t11-,14-/m0/s1. The maximum atomic E-state index is 12.0. The molecular weight excluding hydrogens is 278 g/mol. The molecule has 1 fully saturated rings. The molecule has 0 aliphatic carbocycles. The van der Waals surface area contributed by atoms with E-state index in [1.54, 1.807) is 0 Å². The van der Waals surface area contributed by atoms with Gasteiger partial charge in [0.2, 0.25) is 6.10 Å². The Hall–Kier alpha value is -2.44. The molecule has 1 aromatic rings. The van der Waals surface area contributed by atoms with Gasteiger partial charge < -0.3 is 9.47 Å². The highest BCUT2D eigenvalue weighted by molar-refractivity contribution is 5.92. The van der Waals surface area contributed by atoms with Gasteiger partial charge in [0.05, 0.1) is 10.5 Å². The Bertz CT molecular complexity index is 582. The van der Waals surface area contributed by atoms with Crippen LogP contribution in [0.5, 0.6) is 0 Å². The molecule has 0 amide bonds. The van der Waals surface area contributed by atoms with Crippen molar-refractivity contribution in [3.05, 3.63) is 39.9 Å². The van der Waals surface area contributed by atoms with Crippen molar-refractivity contribution in [3.63, 3.8) is 0 Å². The number of non-ortho nitro benzene ring substituents is 1. The van der Waals surface area contributed by atoms with Crippen LogP contribution in [-0.2, 0) is 14.3 Å². The van der Waals surface area contributed by atoms with Gasteiger partial charge in [-0.15, -0.1) is 0 Å². The van der Waals surface area contributed by atoms with Crippen LogP contribution in [0.2, 0.25) is 0 Å². The summed E-state index contributed by atoms with van der Waals surface area (Å²) in [7, 11) is 0. The van der Waals surface area contributed by atoms with Crippen molar-refractivity contribution in [2.24, 2.45) is 5.41 Å². The van der Waals surface area contributed by atoms with Gasteiger partial charge in [0.15, 0.2) is 0 Å². The van der Waals surface area contributed by atoms with Crippen LogP contribution in [0.1, 0.15) is 30.6 Å². The monoisotopic (exact) mass is 293 g/mol. The molecular formula is C14H15NO6. The lowest BCUT2D eigenvalue weighted by Gasteiger charge is -2.24. The molecule has 7 nitrogen and oxygen atoms in total. The third-order valence-electron chi connectivity index (χ3n) is 3.74. The summed E-state index contributed by atoms with van der Waals surface area (Å²) in [5.41, 5.74) is -0.517. The summed E-state index contributed by atoms with van der Waals surface area (Å²) in [6.45, 7) is 3.90. The Balaban J connectivity index is 2.14. The van der Waals surface area contributed by atoms with Crippen LogP contribution in [0.3, 0.4) is 0 Å². The number of rotatable bonds is 4. The molecule has 112 valence electrons. The van der Waals surface area contributed by atoms with Crippen molar-refractivity contribution in [1.82, 2.24) is 0 Å². The maximum absolute atomic E-state index is 12.0. The van der Waals surface area contributed by atoms with Gasteiger partial charge in [-0.25, -0.2) is 9.59 Å². The number of ether oxygens (including phenoxy) is 2. The largest absolute Gasteiger partial charge is 0.462 e. The predicted octanol–water partition coefficient (Wildman–Crippen LogP) is 2.09. The second-order valence-corrected chi connectivity index (χ2v) is 5.20. The number of nitrogens with zero attached hydrogens (tertiary/aromatic N) is 1. The van der Waals surface area contributed by atoms with E-state index in [-0.39, 0.29) is 17.9 Å². The number of carbonyl (C=O) groups excluding carboxylic acids is 2. The number of hydrogen-bond donors (Lipinski definition) is 0. The highest BCUT2D eigenvalue weighted by Gasteiger charge is 2.48. The molecule has 0 aromatic heterocycles. The highest BCUT2D eigenvalue weighted by Crippen LogP contribution is 2.35. The van der Waals surface area contributed by atoms with E-state index in [0.29, 0.717) is 6.42 Å². The third kappa shape index (κ3) is 2.86. The topological polar surface area (TPSA) is 95.7 Å². The first-order valence-electron chi connectivity index (χ1n) is 6.49. The zero-order valence-electron chi connectivity index (χ0n) is 11.7. The normalized spacial score (nSPS) is 24.5. The molecule has 0 N–H and O–H groups in total. The number of nitro benzene ring substituents is 1. The fraction of sp³-hybridized carbons (Fsp3) is 0.429. The predicted molar refractivity (Wildman–Crippen MR) is 71.7 cm³/mol. The van der Waals surface area contributed by atoms with Gasteiger partial charge >= 0.3 is 11.9 Å². The average molecular weight is 293 g/mol. The smallest absolute Gasteiger partial charge is 0.348 e. The van der Waals surface area contributed by atoms with Crippen LogP contribution in [0, 0.1) is 15.5 Å². The van der Waals surface area contributed by atoms with Crippen molar-refractivity contribution in [1.29, 1.82) is 0 Å². The van der Waals surface area contributed by atoms with Crippen LogP contribution in [0.15, 0.2) is 24.3 Å². The minimum atomic E-state index is -0.954. The molecule has 0 radical (unpaired) electrons. The molecule has 7 heteroatoms. The second-order valence-electron chi connectivity index (χ2n) is 5.20. The van der Waals surface area contributed by atoms with Gasteiger partial charge in [-0.1, -0.05) is 13.8 Å². The van der Waals surface area contributed by atoms with Crippen LogP contribution in [0.4, 0.5) is 5.69 Å². The Morgan fingerprint density at radius 3 is 2.62 bits per heavy atom. The van der Waals surface area contributed by atoms with E-state index in [4.69, 9.17) is 9.47 Å². The summed E-state index contributed by atoms with van der Waals surface area (Å²) in [4.78, 5) is 33.7. The van der Waals surface area contributed by atoms with Crippen molar-refractivity contribution in [2.45, 2.75) is 26.4 Å². The fourth-order valence-electron chi connectivity index (χ4n) is 2.04. The van der Waals surface area contributed by atoms with E-state index in [2.05, 4.69) is 0 Å². The SMILES string of the molecule is CC[C@@]1(C)COC(=O)[C@@H]1OC(=O)c1ccc([N+](=O)[O-])cc1. The molecule has 0 unspecified atom stereocenters. The third-order valence-corrected chi connectivity index (χ3v) is 3.74. The highest BCUT2D eigenvalue weighted by atomic mass is 16.6. The Morgan fingerprint density at radius 2 is 2.10 bits per heavy atom. The summed E-state index contributed by atoms with van der Waals surface area (Å²) < 4.78 is 10.2. The van der Waals surface area contributed by atoms with Crippen LogP contribution in [-0.4, -0.2) is 29.6 Å². The second kappa shape index (κ2) is 5.51. The molecule has 0 saturated carbocycles. The molecule has 1 saturated heterocycles. The first-order chi connectivity index (χ1) is 9.87. The van der Waals surface area contributed by atoms with Gasteiger partial charge in [-0.05, 0) is 18.6 Å². The van der Waals surface area contributed by atoms with Crippen LogP contribution < -0.4 is 0 Å². The minimum absolute atomic E-state index is 0.120. The summed E-state index contributed by atoms with van der Waals surface area (Å²) in [6, 6.07) is 5.01. The zero-order valence-corrected chi connectivity index (χ0v) is 11.7. The van der Waals surface area contributed by atoms with E-state index >= 15 is 0 Å². The van der Waals surface area contributed by atoms with Crippen molar-refractivity contribution in [2.75, 3.05) is 6.61 Å². The average Bonchev–Trinajstić information content (AvgIpc) is 2.76. The summed E-state index contributed by atoms with van der Waals surface area (Å²) in [6.07, 6.45) is -0.332. The number of nitro groups is 1. The maximum Gasteiger partial charge on any atom is 0.348 e. The number of hydrogen-bond acceptors (Lipinski definition) is 6. The van der Waals surface area contributed by atoms with Gasteiger partial charge in [-0.3, -0.25) is 10.1 Å². The molecule has 2 rings (SSSR count). The Kier molecular flexibility index (Phi) is 3.93. The summed E-state index contributed by atoms with van der Waals surface area (Å²) >= 11 is 0. The number of cyclic esters (lactones) is 1. The molecule has 1 aromatic carbocycles. The Labute approximate surface area is 121 Å². The van der Waals surface area contributed by atoms with Crippen molar-refractivity contribution in [3.8, 4) is 0 Å². The summed E-state index contributed by atoms with van der Waals surface area (Å²) in [5.74, 6) is -1.26. The lowest BCUT2D eigenvalue weighted by atomic mass is 9.84. The van der Waals surface area contributed by atoms with Crippen LogP contribution in [0.25, 0.3) is 0 Å². The zero-order chi connectivity index (χ0) is 15.6. The van der Waals surface area contributed by atoms with Crippen molar-refractivity contribution >= 4 is 17.6 Å². The first-order valence-corrected chi connectivity index (χ1v) is 6.49. The van der Waals surface area contributed by atoms with E-state index in [9.17, 15) is 19.7 Å². The van der Waals surface area contributed by atoms with E-state index in [0.717, 1.165) is 0 Å². The van der Waals surface area contributed by atoms with Crippen molar-refractivity contribution < 1.29 is 24.0 Å². The Morgan fingerprint density at radius 1 is 1.48 bits per heavy atom. The molecule has 0 bridgehead atoms. The van der Waals surface area contributed by atoms with E-state index in [1.807, 2.05) is 13.8 Å². The molecule has 1 heterocycles. The van der Waals surface area contributed by atoms with Gasteiger partial charge in [0.25, 0.3) is 5.69 Å². The molecule has 2 atom stereocenters. The lowest BCUT2D eigenvalue weighted by molar-refractivity contribution is -0.384. The molecule has 21 heavy (non-hydrogen) atoms. The molecule has 1 aliphatic rings. The molecule has 1 aliphatic heterocycles. The fourth-order valence-corrected chi connectivity index (χ4v) is 2.04. The van der Waals surface area contributed by atoms with Gasteiger partial charge in [0.1, 0.15) is 6.61 Å². The first kappa shape index (κ1) is 15.0. The number of esters is 2. The number of benzene rings is 1. The minimum Gasteiger partial charge on any atom is -0.462 e. The van der Waals surface area contributed by atoms with E-state index < -0.39 is 28.4 Å². The lowest BCUT2D eigenvalue weighted by Crippen LogP contribution is -2.36. The summed E-state index contributed by atoms with van der Waals surface area (Å²) in [5, 5.41) is 10.6. The number of carbonyl (C=O) groups is 2. The quantitative estimate of drug-likeness (QED) is 0.479. The molecule has 0 spiro atoms.